The van der Waals surface area contributed by atoms with Crippen LogP contribution in [0, 0.1) is 6.92 Å². The van der Waals surface area contributed by atoms with E-state index in [0.29, 0.717) is 11.1 Å². The Balaban J connectivity index is 1.62. The number of aromatic hydroxyl groups is 1. The molecule has 2 N–H and O–H groups in total. The van der Waals surface area contributed by atoms with E-state index in [0.717, 1.165) is 35.2 Å². The zero-order valence-electron chi connectivity index (χ0n) is 18.7. The molecule has 4 aromatic rings. The van der Waals surface area contributed by atoms with Gasteiger partial charge in [0, 0.05) is 37.6 Å². The van der Waals surface area contributed by atoms with Crippen LogP contribution < -0.4 is 10.1 Å². The van der Waals surface area contributed by atoms with Crippen molar-refractivity contribution in [1.82, 2.24) is 25.3 Å². The van der Waals surface area contributed by atoms with E-state index < -0.39 is 23.6 Å². The van der Waals surface area contributed by atoms with Gasteiger partial charge in [0.1, 0.15) is 17.2 Å². The molecule has 0 unspecified atom stereocenters. The van der Waals surface area contributed by atoms with Gasteiger partial charge in [-0.15, -0.1) is 5.10 Å². The quantitative estimate of drug-likeness (QED) is 0.336. The summed E-state index contributed by atoms with van der Waals surface area (Å²) in [4.78, 5) is 11.7. The number of carbonyl (C=O) groups excluding carboxylic acids is 1. The molecule has 0 saturated carbocycles. The van der Waals surface area contributed by atoms with Crippen molar-refractivity contribution in [3.8, 4) is 33.9 Å². The predicted octanol–water partition coefficient (Wildman–Crippen LogP) is 3.87. The van der Waals surface area contributed by atoms with Crippen LogP contribution in [0.5, 0.6) is 11.5 Å². The molecule has 2 aromatic carbocycles. The number of rotatable bonds is 4. The fraction of sp³-hybridized carbons (Fsp3) is 0.250. The first kappa shape index (κ1) is 22.8. The van der Waals surface area contributed by atoms with Crippen LogP contribution >= 0.6 is 0 Å². The Morgan fingerprint density at radius 1 is 1.14 bits per heavy atom. The summed E-state index contributed by atoms with van der Waals surface area (Å²) in [5, 5.41) is 27.4. The molecule has 1 aliphatic heterocycles. The summed E-state index contributed by atoms with van der Waals surface area (Å²) in [7, 11) is 1.78. The van der Waals surface area contributed by atoms with Crippen molar-refractivity contribution in [2.75, 3.05) is 13.1 Å². The number of nitrogens with one attached hydrogen (secondary N) is 1. The van der Waals surface area contributed by atoms with E-state index in [4.69, 9.17) is 4.74 Å². The monoisotopic (exact) mass is 483 g/mol. The number of halogens is 3. The molecule has 11 heteroatoms. The van der Waals surface area contributed by atoms with Gasteiger partial charge in [0.15, 0.2) is 0 Å². The molecule has 1 fully saturated rings. The van der Waals surface area contributed by atoms with E-state index in [1.807, 2.05) is 6.92 Å². The molecule has 1 aliphatic rings. The van der Waals surface area contributed by atoms with Gasteiger partial charge in [0.25, 0.3) is 0 Å². The third-order valence-electron chi connectivity index (χ3n) is 5.90. The first-order valence-corrected chi connectivity index (χ1v) is 10.8. The number of alkyl halides is 3. The van der Waals surface area contributed by atoms with Crippen LogP contribution in [-0.4, -0.2) is 50.3 Å². The Morgan fingerprint density at radius 2 is 1.89 bits per heavy atom. The molecule has 5 rings (SSSR count). The first-order valence-electron chi connectivity index (χ1n) is 10.8. The van der Waals surface area contributed by atoms with E-state index >= 15 is 0 Å². The summed E-state index contributed by atoms with van der Waals surface area (Å²) in [6, 6.07) is 9.48. The number of phenolic OH excluding ortho intramolecular Hbond substituents is 1. The molecule has 0 atom stereocenters. The number of hydrogen-bond donors (Lipinski definition) is 2. The molecular formula is C24H20F3N5O3. The number of fused-ring (bicyclic) bond motifs is 1. The van der Waals surface area contributed by atoms with Crippen molar-refractivity contribution in [1.29, 1.82) is 0 Å². The topological polar surface area (TPSA) is 102 Å². The average molecular weight is 483 g/mol. The first-order chi connectivity index (χ1) is 16.6. The second-order valence-corrected chi connectivity index (χ2v) is 8.49. The highest BCUT2D eigenvalue weighted by molar-refractivity contribution is 5.90. The number of carbonyl (C=O) groups is 1. The lowest BCUT2D eigenvalue weighted by molar-refractivity contribution is -0.189. The van der Waals surface area contributed by atoms with Gasteiger partial charge in [0.05, 0.1) is 16.8 Å². The molecule has 1 saturated heterocycles. The van der Waals surface area contributed by atoms with Gasteiger partial charge >= 0.3 is 12.1 Å². The van der Waals surface area contributed by atoms with Crippen molar-refractivity contribution in [2.24, 2.45) is 7.05 Å². The van der Waals surface area contributed by atoms with Gasteiger partial charge in [0.2, 0.25) is 0 Å². The maximum Gasteiger partial charge on any atom is 0.491 e. The molecule has 180 valence electrons. The summed E-state index contributed by atoms with van der Waals surface area (Å²) >= 11 is 0. The molecule has 35 heavy (non-hydrogen) atoms. The van der Waals surface area contributed by atoms with Gasteiger partial charge < -0.3 is 15.2 Å². The molecule has 3 heterocycles. The third kappa shape index (κ3) is 4.30. The number of aromatic nitrogens is 4. The Bertz CT molecular complexity index is 1440. The number of nitrogens with zero attached hydrogens (tertiary/aromatic N) is 4. The number of aryl methyl sites for hydroxylation is 2. The summed E-state index contributed by atoms with van der Waals surface area (Å²) in [5.41, 5.74) is 3.21. The van der Waals surface area contributed by atoms with E-state index in [2.05, 4.69) is 20.6 Å². The van der Waals surface area contributed by atoms with E-state index in [9.17, 15) is 23.1 Å². The second-order valence-electron chi connectivity index (χ2n) is 8.49. The normalized spacial score (nSPS) is 14.2. The van der Waals surface area contributed by atoms with E-state index in [1.54, 1.807) is 36.1 Å². The zero-order valence-corrected chi connectivity index (χ0v) is 18.7. The Hall–Kier alpha value is -3.99. The molecular weight excluding hydrogens is 463 g/mol. The summed E-state index contributed by atoms with van der Waals surface area (Å²) in [5.74, 6) is -3.08. The van der Waals surface area contributed by atoms with Crippen LogP contribution in [0.2, 0.25) is 0 Å². The van der Waals surface area contributed by atoms with Gasteiger partial charge in [-0.3, -0.25) is 4.68 Å². The summed E-state index contributed by atoms with van der Waals surface area (Å²) in [6.07, 6.45) is -3.42. The molecule has 0 spiro atoms. The summed E-state index contributed by atoms with van der Waals surface area (Å²) in [6.45, 7) is 3.36. The maximum absolute atomic E-state index is 13.0. The molecule has 8 nitrogen and oxygen atoms in total. The second kappa shape index (κ2) is 8.35. The highest BCUT2D eigenvalue weighted by Crippen LogP contribution is 2.42. The van der Waals surface area contributed by atoms with Crippen molar-refractivity contribution < 1.29 is 27.8 Å². The number of hydrogen-bond acceptors (Lipinski definition) is 7. The van der Waals surface area contributed by atoms with Crippen molar-refractivity contribution in [3.63, 3.8) is 0 Å². The SMILES string of the molecule is Cc1cc(-c2cc(O)c(-c3ccc(C4CNC4)nn3)c(OC(=O)C(F)(F)F)c2)cc2cn(C)nc12. The number of ether oxygens (including phenoxy) is 1. The zero-order chi connectivity index (χ0) is 24.9. The third-order valence-corrected chi connectivity index (χ3v) is 5.90. The van der Waals surface area contributed by atoms with E-state index in [1.165, 1.54) is 18.2 Å². The van der Waals surface area contributed by atoms with Crippen molar-refractivity contribution in [2.45, 2.75) is 19.0 Å². The predicted molar refractivity (Wildman–Crippen MR) is 121 cm³/mol. The van der Waals surface area contributed by atoms with Gasteiger partial charge in [-0.2, -0.15) is 23.4 Å². The minimum Gasteiger partial charge on any atom is -0.507 e. The van der Waals surface area contributed by atoms with Crippen LogP contribution in [-0.2, 0) is 11.8 Å². The van der Waals surface area contributed by atoms with Crippen LogP contribution in [0.3, 0.4) is 0 Å². The fourth-order valence-corrected chi connectivity index (χ4v) is 4.05. The Kier molecular flexibility index (Phi) is 5.43. The molecule has 0 radical (unpaired) electrons. The standard InChI is InChI=1S/C24H20F3N5O3/c1-12-5-13(6-15-11-32(2)31-22(12)15)14-7-19(33)21(20(8-14)35-23(34)24(25,26)27)18-4-3-17(29-30-18)16-9-28-10-16/h3-8,11,16,28,33H,9-10H2,1-2H3. The highest BCUT2D eigenvalue weighted by atomic mass is 19.4. The van der Waals surface area contributed by atoms with E-state index in [-0.39, 0.29) is 17.2 Å². The smallest absolute Gasteiger partial charge is 0.491 e. The van der Waals surface area contributed by atoms with Crippen LogP contribution in [0.4, 0.5) is 13.2 Å². The van der Waals surface area contributed by atoms with Gasteiger partial charge in [-0.05, 0) is 60.0 Å². The van der Waals surface area contributed by atoms with Crippen molar-refractivity contribution in [3.05, 3.63) is 53.9 Å². The van der Waals surface area contributed by atoms with Crippen LogP contribution in [0.15, 0.2) is 42.6 Å². The van der Waals surface area contributed by atoms with Crippen LogP contribution in [0.25, 0.3) is 33.3 Å². The average Bonchev–Trinajstić information content (AvgIpc) is 3.13. The Morgan fingerprint density at radius 3 is 2.51 bits per heavy atom. The fourth-order valence-electron chi connectivity index (χ4n) is 4.05. The molecule has 0 bridgehead atoms. The lowest BCUT2D eigenvalue weighted by Gasteiger charge is -2.26. The summed E-state index contributed by atoms with van der Waals surface area (Å²) < 4.78 is 45.5. The van der Waals surface area contributed by atoms with Crippen molar-refractivity contribution >= 4 is 16.9 Å². The highest BCUT2D eigenvalue weighted by Gasteiger charge is 2.42. The van der Waals surface area contributed by atoms with Gasteiger partial charge in [-0.25, -0.2) is 4.79 Å². The van der Waals surface area contributed by atoms with Gasteiger partial charge in [-0.1, -0.05) is 0 Å². The maximum atomic E-state index is 13.0. The minimum absolute atomic E-state index is 0.0777. The number of phenols is 1. The number of benzene rings is 2. The molecule has 0 amide bonds. The molecule has 0 aliphatic carbocycles. The lowest BCUT2D eigenvalue weighted by Crippen LogP contribution is -2.40. The lowest BCUT2D eigenvalue weighted by atomic mass is 9.97. The Labute approximate surface area is 197 Å². The number of esters is 1. The van der Waals surface area contributed by atoms with Crippen LogP contribution in [0.1, 0.15) is 17.2 Å². The minimum atomic E-state index is -5.22. The largest absolute Gasteiger partial charge is 0.507 e. The molecule has 2 aromatic heterocycles.